The summed E-state index contributed by atoms with van der Waals surface area (Å²) in [6.45, 7) is 12.1. The maximum Gasteiger partial charge on any atom is 0.273 e. The molecule has 2 rings (SSSR count). The van der Waals surface area contributed by atoms with E-state index in [9.17, 15) is 20.0 Å². The fourth-order valence-electron chi connectivity index (χ4n) is 2.27. The molecule has 0 bridgehead atoms. The van der Waals surface area contributed by atoms with Gasteiger partial charge in [-0.05, 0) is 18.6 Å². The smallest absolute Gasteiger partial charge is 0.273 e. The summed E-state index contributed by atoms with van der Waals surface area (Å²) >= 11 is 0. The zero-order valence-electron chi connectivity index (χ0n) is 14.0. The summed E-state index contributed by atoms with van der Waals surface area (Å²) < 4.78 is 5.93. The van der Waals surface area contributed by atoms with Gasteiger partial charge in [-0.3, -0.25) is 24.5 Å². The van der Waals surface area contributed by atoms with Gasteiger partial charge in [-0.1, -0.05) is 6.58 Å². The second-order valence-corrected chi connectivity index (χ2v) is 5.05. The minimum atomic E-state index is -0.605. The number of hydrogen-bond acceptors (Lipinski definition) is 6. The first-order valence-electron chi connectivity index (χ1n) is 7.20. The van der Waals surface area contributed by atoms with Crippen LogP contribution in [0.2, 0.25) is 0 Å². The molecule has 9 heteroatoms. The fraction of sp³-hybridized carbons (Fsp3) is 0.118. The summed E-state index contributed by atoms with van der Waals surface area (Å²) in [5.74, 6) is -0.344. The predicted molar refractivity (Wildman–Crippen MR) is 96.7 cm³/mol. The maximum atomic E-state index is 12.4. The van der Waals surface area contributed by atoms with E-state index < -0.39 is 16.4 Å². The Labute approximate surface area is 148 Å². The molecular weight excluding hydrogens is 340 g/mol. The number of nitro groups is 1. The van der Waals surface area contributed by atoms with Crippen LogP contribution in [0.15, 0.2) is 34.6 Å². The van der Waals surface area contributed by atoms with Crippen LogP contribution in [-0.2, 0) is 0 Å². The van der Waals surface area contributed by atoms with Crippen molar-refractivity contribution in [2.75, 3.05) is 7.11 Å². The van der Waals surface area contributed by atoms with Crippen LogP contribution in [0.4, 0.5) is 17.1 Å². The molecule has 1 aromatic carbocycles. The third-order valence-corrected chi connectivity index (χ3v) is 3.65. The van der Waals surface area contributed by atoms with Crippen molar-refractivity contribution >= 4 is 29.5 Å². The van der Waals surface area contributed by atoms with Crippen molar-refractivity contribution in [1.82, 2.24) is 4.57 Å². The Morgan fingerprint density at radius 3 is 2.73 bits per heavy atom. The Hall–Kier alpha value is -3.93. The lowest BCUT2D eigenvalue weighted by Crippen LogP contribution is -2.21. The monoisotopic (exact) mass is 354 g/mol. The largest absolute Gasteiger partial charge is 0.502 e. The highest BCUT2D eigenvalue weighted by Gasteiger charge is 2.17. The third-order valence-electron chi connectivity index (χ3n) is 3.65. The Morgan fingerprint density at radius 1 is 1.50 bits per heavy atom. The number of aromatic nitrogens is 1. The van der Waals surface area contributed by atoms with Crippen LogP contribution < -0.4 is 10.3 Å². The van der Waals surface area contributed by atoms with Crippen LogP contribution in [0.3, 0.4) is 0 Å². The molecule has 132 valence electrons. The molecule has 2 aromatic rings. The molecule has 0 fully saturated rings. The molecule has 0 spiro atoms. The topological polar surface area (TPSA) is 111 Å². The Balaban J connectivity index is 2.63. The number of pyridine rings is 1. The van der Waals surface area contributed by atoms with Crippen LogP contribution in [0, 0.1) is 23.6 Å². The first-order valence-corrected chi connectivity index (χ1v) is 7.20. The minimum absolute atomic E-state index is 0.0779. The highest BCUT2D eigenvalue weighted by molar-refractivity contribution is 5.87. The molecule has 0 saturated carbocycles. The van der Waals surface area contributed by atoms with E-state index in [1.807, 2.05) is 0 Å². The van der Waals surface area contributed by atoms with Gasteiger partial charge in [-0.25, -0.2) is 4.85 Å². The molecule has 0 aliphatic rings. The van der Waals surface area contributed by atoms with Crippen molar-refractivity contribution in [3.05, 3.63) is 67.8 Å². The first-order chi connectivity index (χ1) is 12.3. The van der Waals surface area contributed by atoms with E-state index in [2.05, 4.69) is 16.4 Å². The van der Waals surface area contributed by atoms with Crippen molar-refractivity contribution in [1.29, 1.82) is 0 Å². The van der Waals surface area contributed by atoms with E-state index in [4.69, 9.17) is 11.3 Å². The van der Waals surface area contributed by atoms with Gasteiger partial charge in [0.1, 0.15) is 5.69 Å². The van der Waals surface area contributed by atoms with Crippen molar-refractivity contribution in [3.63, 3.8) is 0 Å². The summed E-state index contributed by atoms with van der Waals surface area (Å²) in [5, 5.41) is 20.8. The summed E-state index contributed by atoms with van der Waals surface area (Å²) in [5.41, 5.74) is -0.265. The van der Waals surface area contributed by atoms with Gasteiger partial charge >= 0.3 is 0 Å². The number of rotatable bonds is 5. The number of nitro benzene ring substituents is 1. The molecule has 9 nitrogen and oxygen atoms in total. The molecule has 0 amide bonds. The lowest BCUT2D eigenvalue weighted by Gasteiger charge is -2.10. The average molecular weight is 354 g/mol. The molecule has 0 unspecified atom stereocenters. The molecule has 1 aromatic heterocycles. The Kier molecular flexibility index (Phi) is 5.18. The quantitative estimate of drug-likeness (QED) is 0.384. The molecule has 0 saturated heterocycles. The van der Waals surface area contributed by atoms with Gasteiger partial charge in [-0.15, -0.1) is 0 Å². The third kappa shape index (κ3) is 3.16. The SMILES string of the molecule is [C-]#[N+]c1c(C)c(C=Nc2ccc([N+](=O)[O-])cc2OC)c(=O)n(C=C)c1O. The average Bonchev–Trinajstić information content (AvgIpc) is 2.62. The minimum Gasteiger partial charge on any atom is -0.502 e. The molecule has 0 radical (unpaired) electrons. The number of nitrogens with zero attached hydrogens (tertiary/aromatic N) is 4. The van der Waals surface area contributed by atoms with Crippen molar-refractivity contribution in [2.45, 2.75) is 6.92 Å². The summed E-state index contributed by atoms with van der Waals surface area (Å²) in [6.07, 6.45) is 2.31. The number of methoxy groups -OCH3 is 1. The predicted octanol–water partition coefficient (Wildman–Crippen LogP) is 3.18. The fourth-order valence-corrected chi connectivity index (χ4v) is 2.27. The molecule has 0 aliphatic heterocycles. The standard InChI is InChI=1S/C17H14N4O5/c1-5-20-16(22)12(10(2)15(18-3)17(20)23)9-19-13-7-6-11(21(24)25)8-14(13)26-4/h5-9,23H,1H2,2,4H3. The molecule has 1 N–H and O–H groups in total. The van der Waals surface area contributed by atoms with Crippen molar-refractivity contribution in [3.8, 4) is 11.6 Å². The van der Waals surface area contributed by atoms with Gasteiger partial charge in [0.15, 0.2) is 5.75 Å². The van der Waals surface area contributed by atoms with E-state index in [1.165, 1.54) is 38.4 Å². The van der Waals surface area contributed by atoms with Crippen LogP contribution >= 0.6 is 0 Å². The number of hydrogen-bond donors (Lipinski definition) is 1. The van der Waals surface area contributed by atoms with Gasteiger partial charge in [0.2, 0.25) is 11.6 Å². The second-order valence-electron chi connectivity index (χ2n) is 5.05. The molecular formula is C17H14N4O5. The van der Waals surface area contributed by atoms with Crippen molar-refractivity contribution < 1.29 is 14.8 Å². The maximum absolute atomic E-state index is 12.4. The Morgan fingerprint density at radius 2 is 2.19 bits per heavy atom. The second kappa shape index (κ2) is 7.31. The van der Waals surface area contributed by atoms with Crippen LogP contribution in [0.5, 0.6) is 11.6 Å². The van der Waals surface area contributed by atoms with Crippen molar-refractivity contribution in [2.24, 2.45) is 4.99 Å². The number of aliphatic imine (C=N–C) groups is 1. The van der Waals surface area contributed by atoms with E-state index in [0.717, 1.165) is 10.8 Å². The van der Waals surface area contributed by atoms with Gasteiger partial charge in [0.25, 0.3) is 11.2 Å². The van der Waals surface area contributed by atoms with Gasteiger partial charge in [-0.2, -0.15) is 0 Å². The first kappa shape index (κ1) is 18.4. The zero-order chi connectivity index (χ0) is 19.4. The summed E-state index contributed by atoms with van der Waals surface area (Å²) in [4.78, 5) is 30.1. The van der Waals surface area contributed by atoms with Gasteiger partial charge in [0, 0.05) is 18.5 Å². The van der Waals surface area contributed by atoms with E-state index >= 15 is 0 Å². The summed E-state index contributed by atoms with van der Waals surface area (Å²) in [7, 11) is 1.34. The van der Waals surface area contributed by atoms with E-state index in [0.29, 0.717) is 0 Å². The van der Waals surface area contributed by atoms with Gasteiger partial charge < -0.3 is 9.84 Å². The summed E-state index contributed by atoms with van der Waals surface area (Å²) in [6, 6.07) is 3.85. The van der Waals surface area contributed by atoms with Crippen LogP contribution in [0.1, 0.15) is 11.1 Å². The number of aromatic hydroxyl groups is 1. The number of ether oxygens (including phenoxy) is 1. The normalized spacial score (nSPS) is 10.5. The van der Waals surface area contributed by atoms with E-state index in [-0.39, 0.29) is 33.9 Å². The molecule has 26 heavy (non-hydrogen) atoms. The number of non-ortho nitro benzene ring substituents is 1. The Bertz CT molecular complexity index is 1030. The van der Waals surface area contributed by atoms with Crippen LogP contribution in [0.25, 0.3) is 11.0 Å². The lowest BCUT2D eigenvalue weighted by molar-refractivity contribution is -0.384. The highest BCUT2D eigenvalue weighted by Crippen LogP contribution is 2.33. The zero-order valence-corrected chi connectivity index (χ0v) is 14.0. The van der Waals surface area contributed by atoms with Crippen LogP contribution in [-0.4, -0.2) is 27.9 Å². The van der Waals surface area contributed by atoms with Gasteiger partial charge in [0.05, 0.1) is 30.2 Å². The van der Waals surface area contributed by atoms with E-state index in [1.54, 1.807) is 0 Å². The molecule has 0 atom stereocenters. The number of benzene rings is 1. The lowest BCUT2D eigenvalue weighted by atomic mass is 10.1. The highest BCUT2D eigenvalue weighted by atomic mass is 16.6. The molecule has 1 heterocycles. The molecule has 0 aliphatic carbocycles.